The Hall–Kier alpha value is -2.01. The first-order chi connectivity index (χ1) is 9.24. The number of hydrogen-bond donors (Lipinski definition) is 1. The summed E-state index contributed by atoms with van der Waals surface area (Å²) < 4.78 is 1.64. The molecule has 0 saturated carbocycles. The van der Waals surface area contributed by atoms with Gasteiger partial charge in [-0.3, -0.25) is 14.3 Å². The largest absolute Gasteiger partial charge is 0.311 e. The van der Waals surface area contributed by atoms with Crippen LogP contribution in [-0.4, -0.2) is 21.1 Å². The van der Waals surface area contributed by atoms with E-state index in [1.54, 1.807) is 10.9 Å². The minimum Gasteiger partial charge on any atom is -0.311 e. The van der Waals surface area contributed by atoms with E-state index in [9.17, 15) is 4.79 Å². The van der Waals surface area contributed by atoms with Crippen LogP contribution in [-0.2, 0) is 19.5 Å². The van der Waals surface area contributed by atoms with E-state index in [0.29, 0.717) is 13.1 Å². The van der Waals surface area contributed by atoms with Gasteiger partial charge >= 0.3 is 0 Å². The highest BCUT2D eigenvalue weighted by Gasteiger charge is 2.15. The van der Waals surface area contributed by atoms with Gasteiger partial charge in [-0.2, -0.15) is 0 Å². The van der Waals surface area contributed by atoms with E-state index in [-0.39, 0.29) is 5.56 Å². The van der Waals surface area contributed by atoms with Gasteiger partial charge in [-0.15, -0.1) is 0 Å². The Morgan fingerprint density at radius 1 is 1.42 bits per heavy atom. The van der Waals surface area contributed by atoms with Gasteiger partial charge in [0.15, 0.2) is 0 Å². The Kier molecular flexibility index (Phi) is 3.13. The SMILES string of the molecule is Cc1cccc(Cn2cnc3c(c2=O)CCNC3)n1. The summed E-state index contributed by atoms with van der Waals surface area (Å²) in [6, 6.07) is 5.84. The summed E-state index contributed by atoms with van der Waals surface area (Å²) in [5.74, 6) is 0. The van der Waals surface area contributed by atoms with Crippen LogP contribution in [0.3, 0.4) is 0 Å². The summed E-state index contributed by atoms with van der Waals surface area (Å²) in [4.78, 5) is 21.2. The molecule has 0 aromatic carbocycles. The van der Waals surface area contributed by atoms with Crippen LogP contribution in [0.4, 0.5) is 0 Å². The molecule has 19 heavy (non-hydrogen) atoms. The van der Waals surface area contributed by atoms with Crippen molar-refractivity contribution < 1.29 is 0 Å². The number of nitrogens with one attached hydrogen (secondary N) is 1. The number of hydrogen-bond acceptors (Lipinski definition) is 4. The molecule has 0 atom stereocenters. The van der Waals surface area contributed by atoms with Crippen LogP contribution >= 0.6 is 0 Å². The van der Waals surface area contributed by atoms with Gasteiger partial charge in [0.2, 0.25) is 0 Å². The van der Waals surface area contributed by atoms with Crippen LogP contribution in [0.1, 0.15) is 22.6 Å². The number of rotatable bonds is 2. The molecule has 0 bridgehead atoms. The molecule has 0 saturated heterocycles. The van der Waals surface area contributed by atoms with Crippen LogP contribution in [0.25, 0.3) is 0 Å². The number of fused-ring (bicyclic) bond motifs is 1. The van der Waals surface area contributed by atoms with Gasteiger partial charge < -0.3 is 5.32 Å². The number of nitrogens with zero attached hydrogens (tertiary/aromatic N) is 3. The van der Waals surface area contributed by atoms with Gasteiger partial charge in [0.25, 0.3) is 5.56 Å². The summed E-state index contributed by atoms with van der Waals surface area (Å²) >= 11 is 0. The molecule has 3 heterocycles. The smallest absolute Gasteiger partial charge is 0.257 e. The molecule has 1 aliphatic heterocycles. The zero-order valence-corrected chi connectivity index (χ0v) is 10.9. The van der Waals surface area contributed by atoms with Crippen molar-refractivity contribution in [2.24, 2.45) is 0 Å². The lowest BCUT2D eigenvalue weighted by Crippen LogP contribution is -2.34. The monoisotopic (exact) mass is 256 g/mol. The highest BCUT2D eigenvalue weighted by Crippen LogP contribution is 2.06. The molecular formula is C14H16N4O. The third-order valence-corrected chi connectivity index (χ3v) is 3.34. The first-order valence-corrected chi connectivity index (χ1v) is 6.44. The molecule has 2 aromatic heterocycles. The van der Waals surface area contributed by atoms with E-state index in [2.05, 4.69) is 15.3 Å². The topological polar surface area (TPSA) is 59.8 Å². The van der Waals surface area contributed by atoms with Gasteiger partial charge in [0.1, 0.15) is 0 Å². The van der Waals surface area contributed by atoms with Gasteiger partial charge in [-0.1, -0.05) is 6.07 Å². The van der Waals surface area contributed by atoms with Gasteiger partial charge in [0.05, 0.1) is 24.3 Å². The molecule has 0 fully saturated rings. The Morgan fingerprint density at radius 2 is 2.32 bits per heavy atom. The molecule has 1 N–H and O–H groups in total. The zero-order valence-electron chi connectivity index (χ0n) is 10.9. The maximum atomic E-state index is 12.4. The van der Waals surface area contributed by atoms with E-state index in [4.69, 9.17) is 0 Å². The second-order valence-corrected chi connectivity index (χ2v) is 4.80. The fourth-order valence-electron chi connectivity index (χ4n) is 2.36. The second-order valence-electron chi connectivity index (χ2n) is 4.80. The standard InChI is InChI=1S/C14H16N4O/c1-10-3-2-4-11(17-10)8-18-9-16-13-7-15-6-5-12(13)14(18)19/h2-4,9,15H,5-8H2,1H3. The Labute approximate surface area is 111 Å². The lowest BCUT2D eigenvalue weighted by molar-refractivity contribution is 0.594. The van der Waals surface area contributed by atoms with Crippen LogP contribution < -0.4 is 10.9 Å². The quantitative estimate of drug-likeness (QED) is 0.856. The Bertz CT molecular complexity index is 663. The lowest BCUT2D eigenvalue weighted by atomic mass is 10.1. The van der Waals surface area contributed by atoms with Crippen molar-refractivity contribution in [1.82, 2.24) is 19.9 Å². The van der Waals surface area contributed by atoms with Crippen LogP contribution in [0.2, 0.25) is 0 Å². The molecule has 3 rings (SSSR count). The van der Waals surface area contributed by atoms with Crippen LogP contribution in [0.5, 0.6) is 0 Å². The molecular weight excluding hydrogens is 240 g/mol. The predicted molar refractivity (Wildman–Crippen MR) is 72.0 cm³/mol. The summed E-state index contributed by atoms with van der Waals surface area (Å²) in [5.41, 5.74) is 3.63. The minimum absolute atomic E-state index is 0.0646. The van der Waals surface area contributed by atoms with Crippen molar-refractivity contribution in [3.8, 4) is 0 Å². The van der Waals surface area contributed by atoms with Gasteiger partial charge in [-0.25, -0.2) is 4.98 Å². The second kappa shape index (κ2) is 4.93. The lowest BCUT2D eigenvalue weighted by Gasteiger charge is -2.16. The van der Waals surface area contributed by atoms with Crippen molar-refractivity contribution in [3.63, 3.8) is 0 Å². The predicted octanol–water partition coefficient (Wildman–Crippen LogP) is 0.641. The molecule has 5 nitrogen and oxygen atoms in total. The summed E-state index contributed by atoms with van der Waals surface area (Å²) in [6.07, 6.45) is 2.38. The van der Waals surface area contributed by atoms with E-state index < -0.39 is 0 Å². The normalized spacial score (nSPS) is 14.2. The molecule has 5 heteroatoms. The fourth-order valence-corrected chi connectivity index (χ4v) is 2.36. The highest BCUT2D eigenvalue weighted by atomic mass is 16.1. The van der Waals surface area contributed by atoms with E-state index in [1.165, 1.54) is 0 Å². The Balaban J connectivity index is 1.96. The minimum atomic E-state index is 0.0646. The zero-order chi connectivity index (χ0) is 13.2. The summed E-state index contributed by atoms with van der Waals surface area (Å²) in [5, 5.41) is 3.22. The summed E-state index contributed by atoms with van der Waals surface area (Å²) in [7, 11) is 0. The average molecular weight is 256 g/mol. The fraction of sp³-hybridized carbons (Fsp3) is 0.357. The molecule has 0 unspecified atom stereocenters. The van der Waals surface area contributed by atoms with Crippen LogP contribution in [0, 0.1) is 6.92 Å². The van der Waals surface area contributed by atoms with E-state index in [1.807, 2.05) is 25.1 Å². The molecule has 0 spiro atoms. The summed E-state index contributed by atoms with van der Waals surface area (Å²) in [6.45, 7) is 3.96. The molecule has 98 valence electrons. The van der Waals surface area contributed by atoms with Crippen molar-refractivity contribution in [3.05, 3.63) is 57.5 Å². The molecule has 0 aliphatic carbocycles. The molecule has 0 amide bonds. The van der Waals surface area contributed by atoms with Crippen molar-refractivity contribution in [2.75, 3.05) is 6.54 Å². The van der Waals surface area contributed by atoms with Crippen molar-refractivity contribution >= 4 is 0 Å². The first-order valence-electron chi connectivity index (χ1n) is 6.44. The van der Waals surface area contributed by atoms with Gasteiger partial charge in [0, 0.05) is 17.8 Å². The molecule has 0 radical (unpaired) electrons. The van der Waals surface area contributed by atoms with Gasteiger partial charge in [-0.05, 0) is 32.0 Å². The van der Waals surface area contributed by atoms with Crippen molar-refractivity contribution in [1.29, 1.82) is 0 Å². The maximum Gasteiger partial charge on any atom is 0.257 e. The number of aromatic nitrogens is 3. The molecule has 2 aromatic rings. The molecule has 1 aliphatic rings. The number of aryl methyl sites for hydroxylation is 1. The maximum absolute atomic E-state index is 12.4. The van der Waals surface area contributed by atoms with Crippen LogP contribution in [0.15, 0.2) is 29.3 Å². The Morgan fingerprint density at radius 3 is 3.16 bits per heavy atom. The first kappa shape index (κ1) is 12.0. The van der Waals surface area contributed by atoms with E-state index >= 15 is 0 Å². The third kappa shape index (κ3) is 2.42. The van der Waals surface area contributed by atoms with E-state index in [0.717, 1.165) is 35.6 Å². The highest BCUT2D eigenvalue weighted by molar-refractivity contribution is 5.20. The average Bonchev–Trinajstić information content (AvgIpc) is 2.42. The third-order valence-electron chi connectivity index (χ3n) is 3.34. The van der Waals surface area contributed by atoms with Crippen molar-refractivity contribution in [2.45, 2.75) is 26.4 Å². The number of pyridine rings is 1.